The van der Waals surface area contributed by atoms with E-state index in [4.69, 9.17) is 19.2 Å². The van der Waals surface area contributed by atoms with Crippen LogP contribution in [0.3, 0.4) is 0 Å². The number of nitrogens with one attached hydrogen (secondary N) is 3. The fraction of sp³-hybridized carbons (Fsp3) is 0.433. The Kier molecular flexibility index (Phi) is 8.54. The van der Waals surface area contributed by atoms with Crippen molar-refractivity contribution in [2.45, 2.75) is 58.3 Å². The maximum absolute atomic E-state index is 13.1. The molecule has 0 aliphatic carbocycles. The van der Waals surface area contributed by atoms with Crippen LogP contribution in [0.1, 0.15) is 41.7 Å². The summed E-state index contributed by atoms with van der Waals surface area (Å²) in [4.78, 5) is 35.9. The first-order valence-electron chi connectivity index (χ1n) is 13.8. The number of fused-ring (bicyclic) bond motifs is 9. The van der Waals surface area contributed by atoms with Gasteiger partial charge in [0.1, 0.15) is 17.7 Å². The number of rotatable bonds is 4. The second kappa shape index (κ2) is 12.4. The van der Waals surface area contributed by atoms with Crippen molar-refractivity contribution in [1.29, 1.82) is 0 Å². The summed E-state index contributed by atoms with van der Waals surface area (Å²) in [6, 6.07) is 13.0. The summed E-state index contributed by atoms with van der Waals surface area (Å²) in [6.45, 7) is 6.37. The number of aromatic nitrogens is 2. The lowest BCUT2D eigenvalue weighted by molar-refractivity contribution is -0.123. The molecule has 212 valence electrons. The molecule has 1 saturated heterocycles. The lowest BCUT2D eigenvalue weighted by Gasteiger charge is -2.21. The third kappa shape index (κ3) is 6.74. The first-order valence-corrected chi connectivity index (χ1v) is 13.8. The standard InChI is InChI=1S/C30H37N5O5/c1-4-28-32-19(2)23(33-28)15-35-16-24-27(17-35)40-22-9-5-21(6-10-22)14-31-30(37)18-39-26-13-20(7-11-25(26)38-3)8-12-29(36)34-24/h5-7,9-11,13,24,27H,4,8,12,14-18H2,1-3H3,(H,31,37)(H,32,33)(H,34,36)/t24-,27-/m0/s1. The number of aromatic amines is 1. The van der Waals surface area contributed by atoms with Crippen molar-refractivity contribution < 1.29 is 23.8 Å². The van der Waals surface area contributed by atoms with Gasteiger partial charge in [-0.05, 0) is 48.7 Å². The van der Waals surface area contributed by atoms with Gasteiger partial charge in [0.05, 0.1) is 18.8 Å². The first kappa shape index (κ1) is 27.5. The zero-order valence-corrected chi connectivity index (χ0v) is 23.3. The van der Waals surface area contributed by atoms with Crippen LogP contribution >= 0.6 is 0 Å². The first-order chi connectivity index (χ1) is 19.4. The van der Waals surface area contributed by atoms with Gasteiger partial charge in [0.15, 0.2) is 18.1 Å². The van der Waals surface area contributed by atoms with Crippen LogP contribution in [-0.4, -0.2) is 65.6 Å². The van der Waals surface area contributed by atoms with Crippen molar-refractivity contribution in [2.75, 3.05) is 26.8 Å². The minimum absolute atomic E-state index is 0.0457. The van der Waals surface area contributed by atoms with Gasteiger partial charge in [-0.15, -0.1) is 0 Å². The largest absolute Gasteiger partial charge is 0.493 e. The van der Waals surface area contributed by atoms with Crippen LogP contribution in [-0.2, 0) is 35.5 Å². The summed E-state index contributed by atoms with van der Waals surface area (Å²) in [5.74, 6) is 2.42. The summed E-state index contributed by atoms with van der Waals surface area (Å²) < 4.78 is 17.6. The van der Waals surface area contributed by atoms with Crippen molar-refractivity contribution in [2.24, 2.45) is 0 Å². The van der Waals surface area contributed by atoms with E-state index in [2.05, 4.69) is 27.4 Å². The minimum Gasteiger partial charge on any atom is -0.493 e. The molecule has 3 aliphatic heterocycles. The highest BCUT2D eigenvalue weighted by atomic mass is 16.5. The molecule has 3 aromatic rings. The van der Waals surface area contributed by atoms with Gasteiger partial charge < -0.3 is 29.8 Å². The maximum Gasteiger partial charge on any atom is 0.258 e. The van der Waals surface area contributed by atoms with Gasteiger partial charge in [-0.25, -0.2) is 4.98 Å². The number of carbonyl (C=O) groups excluding carboxylic acids is 2. The molecule has 3 N–H and O–H groups in total. The lowest BCUT2D eigenvalue weighted by atomic mass is 10.1. The number of hydrogen-bond acceptors (Lipinski definition) is 7. The van der Waals surface area contributed by atoms with Crippen molar-refractivity contribution in [3.63, 3.8) is 0 Å². The third-order valence-corrected chi connectivity index (χ3v) is 7.36. The zero-order chi connectivity index (χ0) is 28.1. The number of aryl methyl sites for hydroxylation is 3. The number of H-pyrrole nitrogens is 1. The molecule has 1 aromatic heterocycles. The molecule has 3 aliphatic rings. The Bertz CT molecular complexity index is 1340. The molecule has 0 radical (unpaired) electrons. The van der Waals surface area contributed by atoms with Crippen LogP contribution in [0, 0.1) is 6.92 Å². The highest BCUT2D eigenvalue weighted by Crippen LogP contribution is 2.29. The van der Waals surface area contributed by atoms with E-state index in [-0.39, 0.29) is 30.6 Å². The van der Waals surface area contributed by atoms with E-state index < -0.39 is 0 Å². The molecule has 6 rings (SSSR count). The quantitative estimate of drug-likeness (QED) is 0.460. The average molecular weight is 548 g/mol. The SMILES string of the molecule is CCc1nc(CN2C[C@@H]3NC(=O)CCc4ccc(OC)c(c4)OCC(=O)NCc4ccc(cc4)O[C@H]3C2)c(C)[nH]1. The fourth-order valence-electron chi connectivity index (χ4n) is 5.12. The molecule has 2 aromatic carbocycles. The topological polar surface area (TPSA) is 118 Å². The third-order valence-electron chi connectivity index (χ3n) is 7.36. The number of likely N-dealkylation sites (tertiary alicyclic amines) is 1. The molecule has 10 heteroatoms. The number of benzene rings is 2. The Morgan fingerprint density at radius 2 is 1.85 bits per heavy atom. The molecule has 4 heterocycles. The molecule has 2 amide bonds. The lowest BCUT2D eigenvalue weighted by Crippen LogP contribution is -2.45. The molecular weight excluding hydrogens is 510 g/mol. The van der Waals surface area contributed by atoms with Gasteiger partial charge in [0, 0.05) is 44.7 Å². The molecule has 0 saturated carbocycles. The monoisotopic (exact) mass is 547 g/mol. The second-order valence-corrected chi connectivity index (χ2v) is 10.3. The van der Waals surface area contributed by atoms with Gasteiger partial charge in [-0.1, -0.05) is 25.1 Å². The van der Waals surface area contributed by atoms with E-state index in [1.165, 1.54) is 0 Å². The van der Waals surface area contributed by atoms with Crippen LogP contribution in [0.2, 0.25) is 0 Å². The van der Waals surface area contributed by atoms with Crippen LogP contribution in [0.4, 0.5) is 0 Å². The van der Waals surface area contributed by atoms with E-state index in [9.17, 15) is 9.59 Å². The van der Waals surface area contributed by atoms with Crippen LogP contribution in [0.25, 0.3) is 0 Å². The Labute approximate surface area is 234 Å². The summed E-state index contributed by atoms with van der Waals surface area (Å²) in [5.41, 5.74) is 3.95. The molecule has 40 heavy (non-hydrogen) atoms. The van der Waals surface area contributed by atoms with Gasteiger partial charge in [-0.2, -0.15) is 0 Å². The fourth-order valence-corrected chi connectivity index (χ4v) is 5.12. The number of amides is 2. The number of methoxy groups -OCH3 is 1. The average Bonchev–Trinajstić information content (AvgIpc) is 3.51. The summed E-state index contributed by atoms with van der Waals surface area (Å²) in [7, 11) is 1.56. The van der Waals surface area contributed by atoms with E-state index in [1.54, 1.807) is 13.2 Å². The Morgan fingerprint density at radius 1 is 1.05 bits per heavy atom. The van der Waals surface area contributed by atoms with Gasteiger partial charge in [0.2, 0.25) is 5.91 Å². The molecule has 10 nitrogen and oxygen atoms in total. The molecule has 1 fully saturated rings. The number of carbonyl (C=O) groups is 2. The molecule has 4 bridgehead atoms. The van der Waals surface area contributed by atoms with Crippen LogP contribution in [0.5, 0.6) is 17.2 Å². The number of hydrogen-bond donors (Lipinski definition) is 3. The Balaban J connectivity index is 1.35. The van der Waals surface area contributed by atoms with Crippen molar-refractivity contribution >= 4 is 11.8 Å². The van der Waals surface area contributed by atoms with Crippen molar-refractivity contribution in [1.82, 2.24) is 25.5 Å². The van der Waals surface area contributed by atoms with E-state index in [0.717, 1.165) is 40.5 Å². The molecule has 0 unspecified atom stereocenters. The van der Waals surface area contributed by atoms with E-state index in [1.807, 2.05) is 43.3 Å². The van der Waals surface area contributed by atoms with Crippen molar-refractivity contribution in [3.05, 3.63) is 70.8 Å². The van der Waals surface area contributed by atoms with Gasteiger partial charge >= 0.3 is 0 Å². The number of ether oxygens (including phenoxy) is 3. The van der Waals surface area contributed by atoms with Gasteiger partial charge in [-0.3, -0.25) is 14.5 Å². The van der Waals surface area contributed by atoms with Crippen LogP contribution in [0.15, 0.2) is 42.5 Å². The highest BCUT2D eigenvalue weighted by molar-refractivity contribution is 5.78. The number of imidazole rings is 1. The van der Waals surface area contributed by atoms with E-state index >= 15 is 0 Å². The Hall–Kier alpha value is -4.05. The van der Waals surface area contributed by atoms with Crippen molar-refractivity contribution in [3.8, 4) is 17.2 Å². The summed E-state index contributed by atoms with van der Waals surface area (Å²) in [5, 5.41) is 6.11. The minimum atomic E-state index is -0.239. The molecular formula is C30H37N5O5. The predicted octanol–water partition coefficient (Wildman–Crippen LogP) is 2.68. The van der Waals surface area contributed by atoms with Gasteiger partial charge in [0.25, 0.3) is 5.91 Å². The zero-order valence-electron chi connectivity index (χ0n) is 23.3. The second-order valence-electron chi connectivity index (χ2n) is 10.3. The molecule has 2 atom stereocenters. The van der Waals surface area contributed by atoms with E-state index in [0.29, 0.717) is 50.5 Å². The van der Waals surface area contributed by atoms with Crippen LogP contribution < -0.4 is 24.8 Å². The maximum atomic E-state index is 13.1. The highest BCUT2D eigenvalue weighted by Gasteiger charge is 2.36. The summed E-state index contributed by atoms with van der Waals surface area (Å²) in [6.07, 6.45) is 1.46. The summed E-state index contributed by atoms with van der Waals surface area (Å²) >= 11 is 0. The smallest absolute Gasteiger partial charge is 0.258 e. The Morgan fingerprint density at radius 3 is 2.60 bits per heavy atom. The number of nitrogens with zero attached hydrogens (tertiary/aromatic N) is 2. The predicted molar refractivity (Wildman–Crippen MR) is 149 cm³/mol. The molecule has 0 spiro atoms. The normalized spacial score (nSPS) is 20.3.